The van der Waals surface area contributed by atoms with Gasteiger partial charge in [-0.05, 0) is 34.7 Å². The van der Waals surface area contributed by atoms with E-state index in [0.29, 0.717) is 0 Å². The number of methoxy groups -OCH3 is 1. The van der Waals surface area contributed by atoms with Gasteiger partial charge in [-0.15, -0.1) is 0 Å². The molecule has 2 aromatic rings. The molecule has 1 heterocycles. The van der Waals surface area contributed by atoms with Crippen molar-refractivity contribution in [1.82, 2.24) is 9.78 Å². The molecule has 0 atom stereocenters. The molecule has 0 radical (unpaired) electrons. The summed E-state index contributed by atoms with van der Waals surface area (Å²) in [7, 11) is 1.66. The van der Waals surface area contributed by atoms with E-state index < -0.39 is 0 Å². The molecule has 3 nitrogen and oxygen atoms in total. The molecule has 0 bridgehead atoms. The normalized spacial score (nSPS) is 10.1. The van der Waals surface area contributed by atoms with Gasteiger partial charge in [-0.2, -0.15) is 5.10 Å². The first-order valence-corrected chi connectivity index (χ1v) is 5.22. The Morgan fingerprint density at radius 2 is 2.14 bits per heavy atom. The van der Waals surface area contributed by atoms with Gasteiger partial charge in [0.05, 0.1) is 16.9 Å². The van der Waals surface area contributed by atoms with Gasteiger partial charge in [-0.3, -0.25) is 0 Å². The lowest BCUT2D eigenvalue weighted by molar-refractivity contribution is 0.411. The molecular weight excluding hydrogens is 291 g/mol. The van der Waals surface area contributed by atoms with Gasteiger partial charge in [0, 0.05) is 6.20 Å². The number of rotatable bonds is 2. The standard InChI is InChI=1S/C10H9IN2O/c1-14-10-5-3-2-4-9(10)13-7-8(11)6-12-13/h2-7H,1H3. The van der Waals surface area contributed by atoms with E-state index in [2.05, 4.69) is 27.7 Å². The molecule has 0 unspecified atom stereocenters. The maximum Gasteiger partial charge on any atom is 0.144 e. The topological polar surface area (TPSA) is 27.1 Å². The number of aromatic nitrogens is 2. The van der Waals surface area contributed by atoms with E-state index in [4.69, 9.17) is 4.74 Å². The van der Waals surface area contributed by atoms with Crippen molar-refractivity contribution in [1.29, 1.82) is 0 Å². The van der Waals surface area contributed by atoms with Crippen LogP contribution >= 0.6 is 22.6 Å². The Bertz CT molecular complexity index is 439. The first-order chi connectivity index (χ1) is 6.81. The van der Waals surface area contributed by atoms with E-state index in [-0.39, 0.29) is 0 Å². The van der Waals surface area contributed by atoms with Crippen molar-refractivity contribution in [3.8, 4) is 11.4 Å². The first-order valence-electron chi connectivity index (χ1n) is 4.15. The molecule has 0 saturated heterocycles. The summed E-state index contributed by atoms with van der Waals surface area (Å²) in [6.07, 6.45) is 3.77. The van der Waals surface area contributed by atoms with Crippen molar-refractivity contribution in [3.05, 3.63) is 40.2 Å². The molecule has 0 amide bonds. The lowest BCUT2D eigenvalue weighted by atomic mass is 10.3. The molecule has 0 fully saturated rings. The minimum Gasteiger partial charge on any atom is -0.494 e. The quantitative estimate of drug-likeness (QED) is 0.797. The number of ether oxygens (including phenoxy) is 1. The number of hydrogen-bond donors (Lipinski definition) is 0. The third kappa shape index (κ3) is 1.75. The number of para-hydroxylation sites is 2. The van der Waals surface area contributed by atoms with Gasteiger partial charge in [0.2, 0.25) is 0 Å². The first kappa shape index (κ1) is 9.51. The number of halogens is 1. The summed E-state index contributed by atoms with van der Waals surface area (Å²) in [5.41, 5.74) is 0.956. The fraction of sp³-hybridized carbons (Fsp3) is 0.100. The zero-order valence-electron chi connectivity index (χ0n) is 7.64. The van der Waals surface area contributed by atoms with Crippen LogP contribution in [0.3, 0.4) is 0 Å². The predicted octanol–water partition coefficient (Wildman–Crippen LogP) is 2.49. The molecule has 72 valence electrons. The molecule has 0 N–H and O–H groups in total. The molecule has 0 spiro atoms. The highest BCUT2D eigenvalue weighted by atomic mass is 127. The maximum absolute atomic E-state index is 5.25. The fourth-order valence-corrected chi connectivity index (χ4v) is 1.64. The van der Waals surface area contributed by atoms with Crippen LogP contribution in [0.15, 0.2) is 36.7 Å². The molecule has 1 aromatic carbocycles. The van der Waals surface area contributed by atoms with E-state index in [1.165, 1.54) is 0 Å². The molecule has 0 saturated carbocycles. The Hall–Kier alpha value is -1.04. The van der Waals surface area contributed by atoms with Crippen LogP contribution in [0, 0.1) is 3.57 Å². The second-order valence-corrected chi connectivity index (χ2v) is 4.02. The van der Waals surface area contributed by atoms with E-state index in [0.717, 1.165) is 15.0 Å². The number of benzene rings is 1. The smallest absolute Gasteiger partial charge is 0.144 e. The van der Waals surface area contributed by atoms with E-state index in [1.54, 1.807) is 11.8 Å². The summed E-state index contributed by atoms with van der Waals surface area (Å²) in [6, 6.07) is 7.80. The summed E-state index contributed by atoms with van der Waals surface area (Å²) in [5, 5.41) is 4.22. The monoisotopic (exact) mass is 300 g/mol. The Morgan fingerprint density at radius 3 is 2.79 bits per heavy atom. The number of nitrogens with zero attached hydrogens (tertiary/aromatic N) is 2. The van der Waals surface area contributed by atoms with Crippen molar-refractivity contribution in [2.75, 3.05) is 7.11 Å². The highest BCUT2D eigenvalue weighted by Crippen LogP contribution is 2.21. The average Bonchev–Trinajstić information content (AvgIpc) is 2.65. The molecule has 0 aliphatic carbocycles. The zero-order valence-corrected chi connectivity index (χ0v) is 9.80. The summed E-state index contributed by atoms with van der Waals surface area (Å²) in [5.74, 6) is 0.826. The van der Waals surface area contributed by atoms with Gasteiger partial charge in [-0.1, -0.05) is 12.1 Å². The molecule has 14 heavy (non-hydrogen) atoms. The molecule has 0 aliphatic heterocycles. The van der Waals surface area contributed by atoms with Crippen LogP contribution in [0.1, 0.15) is 0 Å². The van der Waals surface area contributed by atoms with E-state index >= 15 is 0 Å². The van der Waals surface area contributed by atoms with Crippen LogP contribution < -0.4 is 4.74 Å². The third-order valence-corrected chi connectivity index (χ3v) is 2.44. The second kappa shape index (κ2) is 4.00. The summed E-state index contributed by atoms with van der Waals surface area (Å²) in [4.78, 5) is 0. The Morgan fingerprint density at radius 1 is 1.36 bits per heavy atom. The lowest BCUT2D eigenvalue weighted by Gasteiger charge is -2.06. The molecule has 4 heteroatoms. The molecular formula is C10H9IN2O. The van der Waals surface area contributed by atoms with Crippen LogP contribution in [0.2, 0.25) is 0 Å². The van der Waals surface area contributed by atoms with Crippen LogP contribution in [-0.2, 0) is 0 Å². The van der Waals surface area contributed by atoms with Gasteiger partial charge in [0.1, 0.15) is 11.4 Å². The van der Waals surface area contributed by atoms with Crippen molar-refractivity contribution >= 4 is 22.6 Å². The average molecular weight is 300 g/mol. The Balaban J connectivity index is 2.50. The van der Waals surface area contributed by atoms with Crippen LogP contribution in [0.5, 0.6) is 5.75 Å². The van der Waals surface area contributed by atoms with Crippen molar-refractivity contribution in [3.63, 3.8) is 0 Å². The zero-order chi connectivity index (χ0) is 9.97. The molecule has 2 rings (SSSR count). The van der Waals surface area contributed by atoms with Gasteiger partial charge in [0.25, 0.3) is 0 Å². The van der Waals surface area contributed by atoms with Gasteiger partial charge < -0.3 is 4.74 Å². The number of hydrogen-bond acceptors (Lipinski definition) is 2. The fourth-order valence-electron chi connectivity index (χ4n) is 1.25. The van der Waals surface area contributed by atoms with Crippen molar-refractivity contribution < 1.29 is 4.74 Å². The maximum atomic E-state index is 5.25. The summed E-state index contributed by atoms with van der Waals surface area (Å²) < 4.78 is 8.16. The second-order valence-electron chi connectivity index (χ2n) is 2.77. The van der Waals surface area contributed by atoms with E-state index in [9.17, 15) is 0 Å². The summed E-state index contributed by atoms with van der Waals surface area (Å²) >= 11 is 2.23. The molecule has 0 aliphatic rings. The third-order valence-electron chi connectivity index (χ3n) is 1.88. The highest BCUT2D eigenvalue weighted by Gasteiger charge is 2.04. The predicted molar refractivity (Wildman–Crippen MR) is 62.8 cm³/mol. The Kier molecular flexibility index (Phi) is 2.72. The van der Waals surface area contributed by atoms with Crippen LogP contribution in [0.4, 0.5) is 0 Å². The van der Waals surface area contributed by atoms with E-state index in [1.807, 2.05) is 36.7 Å². The lowest BCUT2D eigenvalue weighted by Crippen LogP contribution is -1.97. The van der Waals surface area contributed by atoms with Gasteiger partial charge >= 0.3 is 0 Å². The minimum absolute atomic E-state index is 0.826. The van der Waals surface area contributed by atoms with Crippen molar-refractivity contribution in [2.24, 2.45) is 0 Å². The molecule has 1 aromatic heterocycles. The summed E-state index contributed by atoms with van der Waals surface area (Å²) in [6.45, 7) is 0. The van der Waals surface area contributed by atoms with Crippen LogP contribution in [-0.4, -0.2) is 16.9 Å². The highest BCUT2D eigenvalue weighted by molar-refractivity contribution is 14.1. The van der Waals surface area contributed by atoms with Gasteiger partial charge in [-0.25, -0.2) is 4.68 Å². The SMILES string of the molecule is COc1ccccc1-n1cc(I)cn1. The largest absolute Gasteiger partial charge is 0.494 e. The van der Waals surface area contributed by atoms with Crippen molar-refractivity contribution in [2.45, 2.75) is 0 Å². The minimum atomic E-state index is 0.826. The Labute approximate surface area is 95.8 Å². The van der Waals surface area contributed by atoms with Gasteiger partial charge in [0.15, 0.2) is 0 Å². The van der Waals surface area contributed by atoms with Crippen LogP contribution in [0.25, 0.3) is 5.69 Å².